The van der Waals surface area contributed by atoms with Gasteiger partial charge in [0.05, 0.1) is 11.4 Å². The highest BCUT2D eigenvalue weighted by atomic mass is 15.3. The standard InChI is InChI=1S/C14H19N3/c1-4-13-14(10-17(3)16-13)15-9-12-8-6-5-7-11(12)2/h5-8,10,15H,4,9H2,1-3H3. The normalized spacial score (nSPS) is 10.5. The van der Waals surface area contributed by atoms with Crippen LogP contribution in [0.5, 0.6) is 0 Å². The summed E-state index contributed by atoms with van der Waals surface area (Å²) >= 11 is 0. The maximum Gasteiger partial charge on any atom is 0.0853 e. The molecule has 0 saturated carbocycles. The Bertz CT molecular complexity index is 500. The number of nitrogens with zero attached hydrogens (tertiary/aromatic N) is 2. The third kappa shape index (κ3) is 2.67. The second kappa shape index (κ2) is 5.04. The van der Waals surface area contributed by atoms with Gasteiger partial charge in [-0.05, 0) is 24.5 Å². The lowest BCUT2D eigenvalue weighted by Gasteiger charge is -2.08. The van der Waals surface area contributed by atoms with Gasteiger partial charge in [-0.1, -0.05) is 31.2 Å². The van der Waals surface area contributed by atoms with Crippen LogP contribution in [0.25, 0.3) is 0 Å². The molecule has 0 aliphatic heterocycles. The van der Waals surface area contributed by atoms with E-state index in [2.05, 4.69) is 48.5 Å². The monoisotopic (exact) mass is 229 g/mol. The summed E-state index contributed by atoms with van der Waals surface area (Å²) in [6.07, 6.45) is 2.99. The molecule has 2 aromatic rings. The lowest BCUT2D eigenvalue weighted by Crippen LogP contribution is -2.02. The van der Waals surface area contributed by atoms with Gasteiger partial charge < -0.3 is 5.32 Å². The van der Waals surface area contributed by atoms with Crippen LogP contribution in [0.15, 0.2) is 30.5 Å². The number of hydrogen-bond acceptors (Lipinski definition) is 2. The van der Waals surface area contributed by atoms with E-state index in [9.17, 15) is 0 Å². The fraction of sp³-hybridized carbons (Fsp3) is 0.357. The van der Waals surface area contributed by atoms with E-state index >= 15 is 0 Å². The van der Waals surface area contributed by atoms with Crippen molar-refractivity contribution in [3.63, 3.8) is 0 Å². The average Bonchev–Trinajstić information content (AvgIpc) is 2.69. The molecule has 0 radical (unpaired) electrons. The van der Waals surface area contributed by atoms with E-state index < -0.39 is 0 Å². The Labute approximate surface area is 102 Å². The molecule has 3 nitrogen and oxygen atoms in total. The number of rotatable bonds is 4. The molecule has 0 amide bonds. The zero-order valence-corrected chi connectivity index (χ0v) is 10.7. The van der Waals surface area contributed by atoms with Gasteiger partial charge in [0.25, 0.3) is 0 Å². The minimum absolute atomic E-state index is 0.853. The van der Waals surface area contributed by atoms with Crippen LogP contribution >= 0.6 is 0 Å². The number of anilines is 1. The number of benzene rings is 1. The molecule has 0 spiro atoms. The van der Waals surface area contributed by atoms with Crippen molar-refractivity contribution in [1.82, 2.24) is 9.78 Å². The first kappa shape index (κ1) is 11.7. The van der Waals surface area contributed by atoms with Crippen LogP contribution in [-0.2, 0) is 20.0 Å². The smallest absolute Gasteiger partial charge is 0.0853 e. The Morgan fingerprint density at radius 3 is 2.76 bits per heavy atom. The number of nitrogens with one attached hydrogen (secondary N) is 1. The van der Waals surface area contributed by atoms with Crippen LogP contribution in [0.1, 0.15) is 23.7 Å². The van der Waals surface area contributed by atoms with Crippen LogP contribution in [0, 0.1) is 6.92 Å². The van der Waals surface area contributed by atoms with Crippen molar-refractivity contribution in [3.8, 4) is 0 Å². The van der Waals surface area contributed by atoms with Crippen molar-refractivity contribution in [1.29, 1.82) is 0 Å². The molecule has 1 aromatic heterocycles. The fourth-order valence-corrected chi connectivity index (χ4v) is 1.94. The largest absolute Gasteiger partial charge is 0.378 e. The molecule has 0 bridgehead atoms. The molecule has 0 aliphatic rings. The molecule has 0 aliphatic carbocycles. The molecule has 0 saturated heterocycles. The predicted molar refractivity (Wildman–Crippen MR) is 71.1 cm³/mol. The van der Waals surface area contributed by atoms with Crippen LogP contribution in [0.2, 0.25) is 0 Å². The van der Waals surface area contributed by atoms with Crippen molar-refractivity contribution in [3.05, 3.63) is 47.3 Å². The minimum Gasteiger partial charge on any atom is -0.378 e. The fourth-order valence-electron chi connectivity index (χ4n) is 1.94. The van der Waals surface area contributed by atoms with E-state index in [0.29, 0.717) is 0 Å². The van der Waals surface area contributed by atoms with Crippen molar-refractivity contribution in [2.75, 3.05) is 5.32 Å². The van der Waals surface area contributed by atoms with Crippen LogP contribution in [-0.4, -0.2) is 9.78 Å². The maximum atomic E-state index is 4.42. The van der Waals surface area contributed by atoms with Gasteiger partial charge in [0.15, 0.2) is 0 Å². The molecule has 1 N–H and O–H groups in total. The van der Waals surface area contributed by atoms with Gasteiger partial charge in [0, 0.05) is 19.8 Å². The Kier molecular flexibility index (Phi) is 3.47. The zero-order chi connectivity index (χ0) is 12.3. The first-order valence-corrected chi connectivity index (χ1v) is 6.01. The Hall–Kier alpha value is -1.77. The number of aryl methyl sites for hydroxylation is 3. The summed E-state index contributed by atoms with van der Waals surface area (Å²) in [6.45, 7) is 5.12. The summed E-state index contributed by atoms with van der Waals surface area (Å²) < 4.78 is 1.86. The minimum atomic E-state index is 0.853. The van der Waals surface area contributed by atoms with Gasteiger partial charge in [0.2, 0.25) is 0 Å². The van der Waals surface area contributed by atoms with Crippen LogP contribution < -0.4 is 5.32 Å². The van der Waals surface area contributed by atoms with Crippen molar-refractivity contribution in [2.45, 2.75) is 26.8 Å². The lowest BCUT2D eigenvalue weighted by molar-refractivity contribution is 0.746. The van der Waals surface area contributed by atoms with Gasteiger partial charge in [-0.2, -0.15) is 5.10 Å². The Morgan fingerprint density at radius 2 is 2.06 bits per heavy atom. The lowest BCUT2D eigenvalue weighted by atomic mass is 10.1. The first-order valence-electron chi connectivity index (χ1n) is 6.01. The van der Waals surface area contributed by atoms with E-state index in [0.717, 1.165) is 24.3 Å². The summed E-state index contributed by atoms with van der Waals surface area (Å²) in [5.74, 6) is 0. The van der Waals surface area contributed by atoms with E-state index in [1.54, 1.807) is 0 Å². The summed E-state index contributed by atoms with van der Waals surface area (Å²) in [5.41, 5.74) is 4.92. The summed E-state index contributed by atoms with van der Waals surface area (Å²) in [4.78, 5) is 0. The highest BCUT2D eigenvalue weighted by molar-refractivity contribution is 5.47. The van der Waals surface area contributed by atoms with Gasteiger partial charge in [-0.3, -0.25) is 4.68 Å². The Morgan fingerprint density at radius 1 is 1.29 bits per heavy atom. The average molecular weight is 229 g/mol. The van der Waals surface area contributed by atoms with Crippen molar-refractivity contribution >= 4 is 5.69 Å². The topological polar surface area (TPSA) is 29.9 Å². The first-order chi connectivity index (χ1) is 8.20. The number of hydrogen-bond donors (Lipinski definition) is 1. The molecule has 3 heteroatoms. The molecule has 0 atom stereocenters. The van der Waals surface area contributed by atoms with Gasteiger partial charge in [-0.25, -0.2) is 0 Å². The van der Waals surface area contributed by atoms with E-state index in [4.69, 9.17) is 0 Å². The highest BCUT2D eigenvalue weighted by Crippen LogP contribution is 2.16. The quantitative estimate of drug-likeness (QED) is 0.873. The van der Waals surface area contributed by atoms with E-state index in [-0.39, 0.29) is 0 Å². The molecule has 1 heterocycles. The molecular formula is C14H19N3. The summed E-state index contributed by atoms with van der Waals surface area (Å²) in [6, 6.07) is 8.44. The molecular weight excluding hydrogens is 210 g/mol. The van der Waals surface area contributed by atoms with Gasteiger partial charge in [-0.15, -0.1) is 0 Å². The second-order valence-electron chi connectivity index (χ2n) is 4.30. The molecule has 0 fully saturated rings. The molecule has 0 unspecified atom stereocenters. The van der Waals surface area contributed by atoms with Crippen molar-refractivity contribution in [2.24, 2.45) is 7.05 Å². The summed E-state index contributed by atoms with van der Waals surface area (Å²) in [7, 11) is 1.96. The van der Waals surface area contributed by atoms with Gasteiger partial charge in [0.1, 0.15) is 0 Å². The zero-order valence-electron chi connectivity index (χ0n) is 10.7. The SMILES string of the molecule is CCc1nn(C)cc1NCc1ccccc1C. The summed E-state index contributed by atoms with van der Waals surface area (Å²) in [5, 5.41) is 7.88. The van der Waals surface area contributed by atoms with Crippen molar-refractivity contribution < 1.29 is 0 Å². The third-order valence-electron chi connectivity index (χ3n) is 2.97. The molecule has 2 rings (SSSR count). The molecule has 90 valence electrons. The number of aromatic nitrogens is 2. The maximum absolute atomic E-state index is 4.42. The van der Waals surface area contributed by atoms with Gasteiger partial charge >= 0.3 is 0 Å². The van der Waals surface area contributed by atoms with E-state index in [1.165, 1.54) is 11.1 Å². The molecule has 1 aromatic carbocycles. The van der Waals surface area contributed by atoms with Crippen LogP contribution in [0.3, 0.4) is 0 Å². The van der Waals surface area contributed by atoms with E-state index in [1.807, 2.05) is 17.9 Å². The predicted octanol–water partition coefficient (Wildman–Crippen LogP) is 2.90. The highest BCUT2D eigenvalue weighted by Gasteiger charge is 2.05. The second-order valence-corrected chi connectivity index (χ2v) is 4.30. The Balaban J connectivity index is 2.09. The third-order valence-corrected chi connectivity index (χ3v) is 2.97. The van der Waals surface area contributed by atoms with Crippen LogP contribution in [0.4, 0.5) is 5.69 Å². The molecule has 17 heavy (non-hydrogen) atoms.